The predicted molar refractivity (Wildman–Crippen MR) is 65.0 cm³/mol. The lowest BCUT2D eigenvalue weighted by Gasteiger charge is -2.14. The molecule has 0 fully saturated rings. The van der Waals surface area contributed by atoms with Crippen LogP contribution in [0.25, 0.3) is 0 Å². The molecule has 2 atom stereocenters. The van der Waals surface area contributed by atoms with Gasteiger partial charge in [-0.15, -0.1) is 11.8 Å². The van der Waals surface area contributed by atoms with Crippen molar-refractivity contribution < 1.29 is 5.11 Å². The molecule has 0 amide bonds. The van der Waals surface area contributed by atoms with E-state index in [0.29, 0.717) is 11.2 Å². The predicted octanol–water partition coefficient (Wildman–Crippen LogP) is 3.27. The molecule has 1 heterocycles. The number of aliphatic hydroxyl groups excluding tert-OH is 1. The van der Waals surface area contributed by atoms with Gasteiger partial charge in [-0.3, -0.25) is 0 Å². The average Bonchev–Trinajstić information content (AvgIpc) is 2.18. The Hall–Kier alpha value is -0.540. The summed E-state index contributed by atoms with van der Waals surface area (Å²) in [6, 6.07) is 3.82. The number of thioether (sulfide) groups is 1. The van der Waals surface area contributed by atoms with Crippen LogP contribution in [0.4, 0.5) is 0 Å². The summed E-state index contributed by atoms with van der Waals surface area (Å²) in [6.07, 6.45) is 1.35. The lowest BCUT2D eigenvalue weighted by molar-refractivity contribution is 0.199. The highest BCUT2D eigenvalue weighted by atomic mass is 32.2. The Morgan fingerprint density at radius 2 is 1.93 bits per heavy atom. The number of aromatic nitrogens is 1. The van der Waals surface area contributed by atoms with Crippen molar-refractivity contribution in [2.45, 2.75) is 44.1 Å². The van der Waals surface area contributed by atoms with Crippen molar-refractivity contribution in [2.75, 3.05) is 0 Å². The third-order valence-electron chi connectivity index (χ3n) is 2.49. The van der Waals surface area contributed by atoms with E-state index in [1.807, 2.05) is 12.1 Å². The van der Waals surface area contributed by atoms with Crippen LogP contribution in [-0.4, -0.2) is 15.3 Å². The van der Waals surface area contributed by atoms with Crippen molar-refractivity contribution >= 4 is 11.8 Å². The SMILES string of the molecule is CC(O)c1ccnc(SC(C)C(C)C)c1. The number of aliphatic hydroxyl groups is 1. The summed E-state index contributed by atoms with van der Waals surface area (Å²) in [5.74, 6) is 0.631. The summed E-state index contributed by atoms with van der Waals surface area (Å²) < 4.78 is 0. The second-order valence-electron chi connectivity index (χ2n) is 4.17. The zero-order valence-corrected chi connectivity index (χ0v) is 10.6. The van der Waals surface area contributed by atoms with E-state index < -0.39 is 6.10 Å². The van der Waals surface area contributed by atoms with Gasteiger partial charge in [-0.25, -0.2) is 4.98 Å². The summed E-state index contributed by atoms with van der Waals surface area (Å²) in [7, 11) is 0. The Labute approximate surface area is 96.1 Å². The molecule has 1 rings (SSSR count). The topological polar surface area (TPSA) is 33.1 Å². The first kappa shape index (κ1) is 12.5. The molecule has 3 heteroatoms. The standard InChI is InChI=1S/C12H19NOS/c1-8(2)10(4)15-12-7-11(9(3)14)5-6-13-12/h5-10,14H,1-4H3. The molecule has 0 radical (unpaired) electrons. The monoisotopic (exact) mass is 225 g/mol. The molecule has 0 aromatic carbocycles. The van der Waals surface area contributed by atoms with E-state index in [-0.39, 0.29) is 0 Å². The van der Waals surface area contributed by atoms with E-state index in [0.717, 1.165) is 10.6 Å². The van der Waals surface area contributed by atoms with Crippen molar-refractivity contribution in [3.8, 4) is 0 Å². The highest BCUT2D eigenvalue weighted by Gasteiger charge is 2.10. The van der Waals surface area contributed by atoms with Crippen molar-refractivity contribution in [3.63, 3.8) is 0 Å². The molecule has 15 heavy (non-hydrogen) atoms. The third kappa shape index (κ3) is 3.84. The largest absolute Gasteiger partial charge is 0.389 e. The molecule has 1 N–H and O–H groups in total. The highest BCUT2D eigenvalue weighted by Crippen LogP contribution is 2.27. The lowest BCUT2D eigenvalue weighted by atomic mass is 10.2. The molecular weight excluding hydrogens is 206 g/mol. The first-order chi connectivity index (χ1) is 7.00. The smallest absolute Gasteiger partial charge is 0.0966 e. The van der Waals surface area contributed by atoms with Crippen molar-refractivity contribution in [1.29, 1.82) is 0 Å². The minimum atomic E-state index is -0.415. The van der Waals surface area contributed by atoms with Gasteiger partial charge in [0.2, 0.25) is 0 Å². The minimum Gasteiger partial charge on any atom is -0.389 e. The maximum Gasteiger partial charge on any atom is 0.0966 e. The van der Waals surface area contributed by atoms with E-state index >= 15 is 0 Å². The van der Waals surface area contributed by atoms with Crippen LogP contribution in [0.15, 0.2) is 23.4 Å². The van der Waals surface area contributed by atoms with Crippen LogP contribution < -0.4 is 0 Å². The Morgan fingerprint density at radius 3 is 2.47 bits per heavy atom. The van der Waals surface area contributed by atoms with Crippen LogP contribution in [0.5, 0.6) is 0 Å². The van der Waals surface area contributed by atoms with E-state index in [4.69, 9.17) is 0 Å². The van der Waals surface area contributed by atoms with Gasteiger partial charge >= 0.3 is 0 Å². The first-order valence-corrected chi connectivity index (χ1v) is 6.19. The van der Waals surface area contributed by atoms with Gasteiger partial charge in [0.1, 0.15) is 0 Å². The number of hydrogen-bond acceptors (Lipinski definition) is 3. The van der Waals surface area contributed by atoms with E-state index in [1.165, 1.54) is 0 Å². The van der Waals surface area contributed by atoms with E-state index in [2.05, 4.69) is 25.8 Å². The highest BCUT2D eigenvalue weighted by molar-refractivity contribution is 7.99. The van der Waals surface area contributed by atoms with Gasteiger partial charge in [-0.05, 0) is 30.5 Å². The van der Waals surface area contributed by atoms with Gasteiger partial charge in [-0.2, -0.15) is 0 Å². The molecule has 0 aliphatic heterocycles. The number of hydrogen-bond donors (Lipinski definition) is 1. The summed E-state index contributed by atoms with van der Waals surface area (Å²) in [4.78, 5) is 4.30. The average molecular weight is 225 g/mol. The molecule has 0 bridgehead atoms. The molecule has 1 aromatic rings. The van der Waals surface area contributed by atoms with Crippen molar-refractivity contribution in [3.05, 3.63) is 23.9 Å². The normalized spacial score (nSPS) is 15.3. The van der Waals surface area contributed by atoms with Gasteiger partial charge in [0.15, 0.2) is 0 Å². The summed E-state index contributed by atoms with van der Waals surface area (Å²) in [5, 5.41) is 11.0. The fourth-order valence-corrected chi connectivity index (χ4v) is 2.05. The molecule has 2 nitrogen and oxygen atoms in total. The van der Waals surface area contributed by atoms with Crippen LogP contribution >= 0.6 is 11.8 Å². The summed E-state index contributed by atoms with van der Waals surface area (Å²) >= 11 is 1.76. The Morgan fingerprint density at radius 1 is 1.27 bits per heavy atom. The van der Waals surface area contributed by atoms with E-state index in [1.54, 1.807) is 24.9 Å². The van der Waals surface area contributed by atoms with Crippen molar-refractivity contribution in [1.82, 2.24) is 4.98 Å². The Kier molecular flexibility index (Phi) is 4.61. The molecule has 2 unspecified atom stereocenters. The van der Waals surface area contributed by atoms with Gasteiger partial charge in [-0.1, -0.05) is 20.8 Å². The Balaban J connectivity index is 2.73. The zero-order valence-electron chi connectivity index (χ0n) is 9.77. The second-order valence-corrected chi connectivity index (χ2v) is 5.57. The van der Waals surface area contributed by atoms with Crippen LogP contribution in [0, 0.1) is 5.92 Å². The molecule has 1 aromatic heterocycles. The van der Waals surface area contributed by atoms with Gasteiger partial charge in [0, 0.05) is 11.4 Å². The zero-order chi connectivity index (χ0) is 11.4. The number of nitrogens with zero attached hydrogens (tertiary/aromatic N) is 1. The van der Waals surface area contributed by atoms with Gasteiger partial charge in [0.25, 0.3) is 0 Å². The molecule has 0 aliphatic carbocycles. The van der Waals surface area contributed by atoms with E-state index in [9.17, 15) is 5.11 Å². The fraction of sp³-hybridized carbons (Fsp3) is 0.583. The van der Waals surface area contributed by atoms with Gasteiger partial charge < -0.3 is 5.11 Å². The Bertz CT molecular complexity index is 312. The summed E-state index contributed by atoms with van der Waals surface area (Å²) in [6.45, 7) is 8.38. The number of pyridine rings is 1. The van der Waals surface area contributed by atoms with Crippen LogP contribution in [0.3, 0.4) is 0 Å². The molecule has 0 aliphatic rings. The first-order valence-electron chi connectivity index (χ1n) is 5.31. The minimum absolute atomic E-state index is 0.415. The van der Waals surface area contributed by atoms with Crippen LogP contribution in [0.1, 0.15) is 39.4 Å². The van der Waals surface area contributed by atoms with Gasteiger partial charge in [0.05, 0.1) is 11.1 Å². The summed E-state index contributed by atoms with van der Waals surface area (Å²) in [5.41, 5.74) is 0.934. The molecule has 0 saturated carbocycles. The maximum absolute atomic E-state index is 9.45. The second kappa shape index (κ2) is 5.52. The quantitative estimate of drug-likeness (QED) is 0.798. The van der Waals surface area contributed by atoms with Crippen molar-refractivity contribution in [2.24, 2.45) is 5.92 Å². The maximum atomic E-state index is 9.45. The molecule has 0 saturated heterocycles. The fourth-order valence-electron chi connectivity index (χ4n) is 1.08. The van der Waals surface area contributed by atoms with Crippen LogP contribution in [-0.2, 0) is 0 Å². The number of rotatable bonds is 4. The molecular formula is C12H19NOS. The molecule has 0 spiro atoms. The molecule has 84 valence electrons. The van der Waals surface area contributed by atoms with Crippen LogP contribution in [0.2, 0.25) is 0 Å². The lowest BCUT2D eigenvalue weighted by Crippen LogP contribution is -2.06. The third-order valence-corrected chi connectivity index (χ3v) is 3.87.